The summed E-state index contributed by atoms with van der Waals surface area (Å²) in [5.41, 5.74) is 2.16. The molecule has 1 aliphatic heterocycles. The monoisotopic (exact) mass is 308 g/mol. The van der Waals surface area contributed by atoms with Crippen molar-refractivity contribution in [2.75, 3.05) is 18.4 Å². The van der Waals surface area contributed by atoms with Gasteiger partial charge in [-0.25, -0.2) is 13.1 Å². The van der Waals surface area contributed by atoms with Crippen LogP contribution in [0.3, 0.4) is 0 Å². The van der Waals surface area contributed by atoms with E-state index in [1.165, 1.54) is 6.07 Å². The molecule has 112 valence electrons. The zero-order chi connectivity index (χ0) is 15.0. The standard InChI is InChI=1S/C12H15F3N2O2S/c1-8-4-5-10(9-3-2-6-16-11(8)9)20(18,19)17-7-12(13,14)15/h4-5,16-17H,2-3,6-7H2,1H3. The molecule has 0 amide bonds. The number of halogens is 3. The van der Waals surface area contributed by atoms with E-state index >= 15 is 0 Å². The SMILES string of the molecule is Cc1ccc(S(=O)(=O)NCC(F)(F)F)c2c1NCCC2. The molecule has 2 N–H and O–H groups in total. The Bertz CT molecular complexity index is 612. The van der Waals surface area contributed by atoms with E-state index in [9.17, 15) is 21.6 Å². The average Bonchev–Trinajstić information content (AvgIpc) is 2.36. The summed E-state index contributed by atoms with van der Waals surface area (Å²) in [6.45, 7) is 0.995. The number of hydrogen-bond donors (Lipinski definition) is 2. The minimum Gasteiger partial charge on any atom is -0.385 e. The van der Waals surface area contributed by atoms with Crippen LogP contribution in [0.2, 0.25) is 0 Å². The first-order valence-electron chi connectivity index (χ1n) is 6.13. The summed E-state index contributed by atoms with van der Waals surface area (Å²) in [4.78, 5) is -0.0745. The van der Waals surface area contributed by atoms with Crippen molar-refractivity contribution in [3.63, 3.8) is 0 Å². The quantitative estimate of drug-likeness (QED) is 0.900. The van der Waals surface area contributed by atoms with E-state index in [0.717, 1.165) is 18.5 Å². The number of fused-ring (bicyclic) bond motifs is 1. The zero-order valence-electron chi connectivity index (χ0n) is 10.8. The van der Waals surface area contributed by atoms with Crippen LogP contribution in [0.25, 0.3) is 0 Å². The first-order chi connectivity index (χ1) is 9.21. The van der Waals surface area contributed by atoms with Gasteiger partial charge < -0.3 is 5.32 Å². The molecule has 0 aliphatic carbocycles. The van der Waals surface area contributed by atoms with Gasteiger partial charge in [-0.15, -0.1) is 0 Å². The van der Waals surface area contributed by atoms with Crippen LogP contribution in [-0.2, 0) is 16.4 Å². The van der Waals surface area contributed by atoms with E-state index in [1.807, 2.05) is 6.92 Å². The molecule has 1 heterocycles. The Hall–Kier alpha value is -1.28. The van der Waals surface area contributed by atoms with Crippen LogP contribution in [0.1, 0.15) is 17.5 Å². The van der Waals surface area contributed by atoms with Crippen molar-refractivity contribution in [2.24, 2.45) is 0 Å². The Labute approximate surface area is 115 Å². The highest BCUT2D eigenvalue weighted by Crippen LogP contribution is 2.31. The predicted molar refractivity (Wildman–Crippen MR) is 69.2 cm³/mol. The second-order valence-electron chi connectivity index (χ2n) is 4.70. The lowest BCUT2D eigenvalue weighted by molar-refractivity contribution is -0.121. The number of anilines is 1. The van der Waals surface area contributed by atoms with E-state index in [0.29, 0.717) is 17.7 Å². The van der Waals surface area contributed by atoms with E-state index < -0.39 is 22.7 Å². The van der Waals surface area contributed by atoms with Gasteiger partial charge in [0, 0.05) is 12.2 Å². The van der Waals surface area contributed by atoms with Gasteiger partial charge in [-0.1, -0.05) is 6.07 Å². The fraction of sp³-hybridized carbons (Fsp3) is 0.500. The molecule has 0 fully saturated rings. The maximum atomic E-state index is 12.2. The van der Waals surface area contributed by atoms with Gasteiger partial charge >= 0.3 is 6.18 Å². The Morgan fingerprint density at radius 1 is 1.35 bits per heavy atom. The van der Waals surface area contributed by atoms with Crippen molar-refractivity contribution < 1.29 is 21.6 Å². The Morgan fingerprint density at radius 3 is 2.70 bits per heavy atom. The second-order valence-corrected chi connectivity index (χ2v) is 6.44. The molecule has 4 nitrogen and oxygen atoms in total. The van der Waals surface area contributed by atoms with Crippen molar-refractivity contribution in [3.05, 3.63) is 23.3 Å². The van der Waals surface area contributed by atoms with Gasteiger partial charge in [0.2, 0.25) is 10.0 Å². The predicted octanol–water partition coefficient (Wildman–Crippen LogP) is 2.19. The summed E-state index contributed by atoms with van der Waals surface area (Å²) in [5, 5.41) is 3.10. The molecule has 2 rings (SSSR count). The molecule has 1 aliphatic rings. The molecule has 1 aromatic carbocycles. The number of rotatable bonds is 3. The van der Waals surface area contributed by atoms with Crippen LogP contribution in [0.4, 0.5) is 18.9 Å². The highest BCUT2D eigenvalue weighted by molar-refractivity contribution is 7.89. The van der Waals surface area contributed by atoms with Crippen LogP contribution in [-0.4, -0.2) is 27.7 Å². The van der Waals surface area contributed by atoms with E-state index in [-0.39, 0.29) is 4.90 Å². The lowest BCUT2D eigenvalue weighted by Crippen LogP contribution is -2.34. The number of nitrogens with one attached hydrogen (secondary N) is 2. The highest BCUT2D eigenvalue weighted by Gasteiger charge is 2.31. The zero-order valence-corrected chi connectivity index (χ0v) is 11.7. The second kappa shape index (κ2) is 5.25. The number of alkyl halides is 3. The third-order valence-electron chi connectivity index (χ3n) is 3.14. The fourth-order valence-corrected chi connectivity index (χ4v) is 3.51. The van der Waals surface area contributed by atoms with Crippen molar-refractivity contribution in [3.8, 4) is 0 Å². The van der Waals surface area contributed by atoms with Crippen molar-refractivity contribution >= 4 is 15.7 Å². The molecule has 0 atom stereocenters. The van der Waals surface area contributed by atoms with Gasteiger partial charge in [-0.05, 0) is 37.0 Å². The van der Waals surface area contributed by atoms with Gasteiger partial charge in [0.05, 0.1) is 4.90 Å². The van der Waals surface area contributed by atoms with E-state index in [2.05, 4.69) is 5.32 Å². The van der Waals surface area contributed by atoms with E-state index in [4.69, 9.17) is 0 Å². The molecule has 0 aromatic heterocycles. The summed E-state index contributed by atoms with van der Waals surface area (Å²) in [5.74, 6) is 0. The van der Waals surface area contributed by atoms with Crippen molar-refractivity contribution in [1.82, 2.24) is 4.72 Å². The first kappa shape index (κ1) is 15.1. The lowest BCUT2D eigenvalue weighted by Gasteiger charge is -2.23. The third-order valence-corrected chi connectivity index (χ3v) is 4.62. The van der Waals surface area contributed by atoms with Gasteiger partial charge in [0.1, 0.15) is 6.54 Å². The Balaban J connectivity index is 2.37. The topological polar surface area (TPSA) is 58.2 Å². The summed E-state index contributed by atoms with van der Waals surface area (Å²) < 4.78 is 62.1. The van der Waals surface area contributed by atoms with E-state index in [1.54, 1.807) is 10.8 Å². The third kappa shape index (κ3) is 3.24. The smallest absolute Gasteiger partial charge is 0.385 e. The molecule has 0 bridgehead atoms. The minimum absolute atomic E-state index is 0.0745. The van der Waals surface area contributed by atoms with Crippen LogP contribution < -0.4 is 10.0 Å². The van der Waals surface area contributed by atoms with Crippen LogP contribution in [0.15, 0.2) is 17.0 Å². The number of benzene rings is 1. The molecular formula is C12H15F3N2O2S. The summed E-state index contributed by atoms with van der Waals surface area (Å²) in [6, 6.07) is 2.96. The average molecular weight is 308 g/mol. The molecule has 0 saturated carbocycles. The molecule has 1 aromatic rings. The molecule has 8 heteroatoms. The summed E-state index contributed by atoms with van der Waals surface area (Å²) in [6.07, 6.45) is -3.29. The van der Waals surface area contributed by atoms with Crippen LogP contribution >= 0.6 is 0 Å². The normalized spacial score (nSPS) is 15.6. The molecule has 20 heavy (non-hydrogen) atoms. The molecular weight excluding hydrogens is 293 g/mol. The van der Waals surface area contributed by atoms with Gasteiger partial charge in [-0.2, -0.15) is 13.2 Å². The Kier molecular flexibility index (Phi) is 3.97. The molecule has 0 spiro atoms. The Morgan fingerprint density at radius 2 is 2.05 bits per heavy atom. The van der Waals surface area contributed by atoms with Crippen LogP contribution in [0, 0.1) is 6.92 Å². The van der Waals surface area contributed by atoms with Gasteiger partial charge in [0.15, 0.2) is 0 Å². The lowest BCUT2D eigenvalue weighted by atomic mass is 10.00. The molecule has 0 saturated heterocycles. The molecule has 0 unspecified atom stereocenters. The van der Waals surface area contributed by atoms with Crippen molar-refractivity contribution in [2.45, 2.75) is 30.8 Å². The van der Waals surface area contributed by atoms with Crippen molar-refractivity contribution in [1.29, 1.82) is 0 Å². The minimum atomic E-state index is -4.57. The number of aryl methyl sites for hydroxylation is 1. The largest absolute Gasteiger partial charge is 0.402 e. The highest BCUT2D eigenvalue weighted by atomic mass is 32.2. The number of hydrogen-bond acceptors (Lipinski definition) is 3. The first-order valence-corrected chi connectivity index (χ1v) is 7.62. The molecule has 0 radical (unpaired) electrons. The van der Waals surface area contributed by atoms with Gasteiger partial charge in [0.25, 0.3) is 0 Å². The maximum absolute atomic E-state index is 12.2. The maximum Gasteiger partial charge on any atom is 0.402 e. The van der Waals surface area contributed by atoms with Gasteiger partial charge in [-0.3, -0.25) is 0 Å². The van der Waals surface area contributed by atoms with Crippen LogP contribution in [0.5, 0.6) is 0 Å². The number of sulfonamides is 1. The summed E-state index contributed by atoms with van der Waals surface area (Å²) in [7, 11) is -4.16. The summed E-state index contributed by atoms with van der Waals surface area (Å²) >= 11 is 0. The fourth-order valence-electron chi connectivity index (χ4n) is 2.23.